The molecule has 6 nitrogen and oxygen atoms in total. The number of nitrogens with zero attached hydrogens (tertiary/aromatic N) is 3. The predicted molar refractivity (Wildman–Crippen MR) is 154 cm³/mol. The summed E-state index contributed by atoms with van der Waals surface area (Å²) in [6.45, 7) is 5.64. The average molecular weight is 570 g/mol. The highest BCUT2D eigenvalue weighted by Crippen LogP contribution is 2.42. The molecule has 2 heterocycles. The molecule has 0 aliphatic heterocycles. The number of hydrogen-bond acceptors (Lipinski definition) is 4. The van der Waals surface area contributed by atoms with Crippen LogP contribution in [0, 0.1) is 0 Å². The molecule has 1 saturated carbocycles. The molecule has 1 fully saturated rings. The maximum absolute atomic E-state index is 12.6. The number of aromatic nitrogens is 3. The second-order valence-electron chi connectivity index (χ2n) is 10.9. The fourth-order valence-corrected chi connectivity index (χ4v) is 5.47. The Bertz CT molecular complexity index is 1650. The van der Waals surface area contributed by atoms with Crippen LogP contribution < -0.4 is 5.32 Å². The van der Waals surface area contributed by atoms with Gasteiger partial charge in [-0.15, -0.1) is 0 Å². The maximum atomic E-state index is 12.6. The van der Waals surface area contributed by atoms with Crippen molar-refractivity contribution in [1.82, 2.24) is 19.9 Å². The largest absolute Gasteiger partial charge is 0.444 e. The summed E-state index contributed by atoms with van der Waals surface area (Å²) < 4.78 is 8.40. The van der Waals surface area contributed by atoms with Gasteiger partial charge in [0.1, 0.15) is 5.60 Å². The van der Waals surface area contributed by atoms with Crippen LogP contribution >= 0.6 is 15.9 Å². The lowest BCUT2D eigenvalue weighted by Gasteiger charge is -2.43. The Morgan fingerprint density at radius 3 is 2.39 bits per heavy atom. The highest BCUT2D eigenvalue weighted by Gasteiger charge is 2.41. The third kappa shape index (κ3) is 4.56. The Hall–Kier alpha value is -3.71. The van der Waals surface area contributed by atoms with Gasteiger partial charge in [0.15, 0.2) is 5.65 Å². The molecule has 0 atom stereocenters. The van der Waals surface area contributed by atoms with Gasteiger partial charge < -0.3 is 10.1 Å². The first-order valence-electron chi connectivity index (χ1n) is 12.9. The number of rotatable bonds is 4. The van der Waals surface area contributed by atoms with Crippen LogP contribution in [0.25, 0.3) is 38.9 Å². The van der Waals surface area contributed by atoms with Gasteiger partial charge >= 0.3 is 6.09 Å². The summed E-state index contributed by atoms with van der Waals surface area (Å²) >= 11 is 3.55. The van der Waals surface area contributed by atoms with Gasteiger partial charge in [0, 0.05) is 27.2 Å². The van der Waals surface area contributed by atoms with Crippen molar-refractivity contribution in [3.8, 4) is 22.4 Å². The number of carbonyl (C=O) groups is 1. The molecule has 7 heteroatoms. The van der Waals surface area contributed by atoms with Crippen molar-refractivity contribution >= 4 is 38.6 Å². The van der Waals surface area contributed by atoms with Crippen LogP contribution in [0.1, 0.15) is 45.6 Å². The lowest BCUT2D eigenvalue weighted by Crippen LogP contribution is -2.52. The van der Waals surface area contributed by atoms with Gasteiger partial charge in [-0.3, -0.25) is 0 Å². The molecule has 1 N–H and O–H groups in total. The standard InChI is InChI=1S/C31H29BrN4O2/c1-30(2,3)38-29(37)34-31(16-7-17-31)22-12-10-21(11-13-22)27-25(20-8-5-4-6-9-20)19-36-28(33-27)24-15-14-23(32)18-26(24)35-36/h4-6,8-15,18-19H,7,16-17H2,1-3H3,(H,34,37). The van der Waals surface area contributed by atoms with E-state index in [0.717, 1.165) is 68.2 Å². The number of halogens is 1. The Balaban J connectivity index is 1.42. The van der Waals surface area contributed by atoms with E-state index in [9.17, 15) is 4.79 Å². The molecule has 1 aliphatic carbocycles. The fourth-order valence-electron chi connectivity index (χ4n) is 5.13. The third-order valence-electron chi connectivity index (χ3n) is 7.10. The van der Waals surface area contributed by atoms with Gasteiger partial charge in [0.25, 0.3) is 0 Å². The molecular formula is C31H29BrN4O2. The van der Waals surface area contributed by atoms with Gasteiger partial charge in [-0.25, -0.2) is 14.3 Å². The zero-order chi connectivity index (χ0) is 26.5. The molecular weight excluding hydrogens is 540 g/mol. The van der Waals surface area contributed by atoms with Crippen LogP contribution in [0.3, 0.4) is 0 Å². The first-order valence-corrected chi connectivity index (χ1v) is 13.7. The minimum atomic E-state index is -0.537. The molecule has 0 radical (unpaired) electrons. The maximum Gasteiger partial charge on any atom is 0.408 e. The van der Waals surface area contributed by atoms with E-state index in [1.54, 1.807) is 0 Å². The molecule has 2 aromatic heterocycles. The summed E-state index contributed by atoms with van der Waals surface area (Å²) in [6, 6.07) is 24.8. The number of hydrogen-bond donors (Lipinski definition) is 1. The average Bonchev–Trinajstić information content (AvgIpc) is 3.21. The summed E-state index contributed by atoms with van der Waals surface area (Å²) in [4.78, 5) is 17.8. The molecule has 0 unspecified atom stereocenters. The van der Waals surface area contributed by atoms with E-state index in [-0.39, 0.29) is 6.09 Å². The van der Waals surface area contributed by atoms with E-state index in [1.807, 2.05) is 61.7 Å². The number of nitrogens with one attached hydrogen (secondary N) is 1. The van der Waals surface area contributed by atoms with Crippen LogP contribution in [0.5, 0.6) is 0 Å². The smallest absolute Gasteiger partial charge is 0.408 e. The van der Waals surface area contributed by atoms with Gasteiger partial charge in [-0.1, -0.05) is 70.5 Å². The molecule has 0 saturated heterocycles. The van der Waals surface area contributed by atoms with E-state index in [1.165, 1.54) is 0 Å². The number of ether oxygens (including phenoxy) is 1. The first-order chi connectivity index (χ1) is 18.2. The zero-order valence-electron chi connectivity index (χ0n) is 21.7. The van der Waals surface area contributed by atoms with Crippen molar-refractivity contribution in [2.75, 3.05) is 0 Å². The first kappa shape index (κ1) is 24.6. The van der Waals surface area contributed by atoms with Crippen LogP contribution in [0.2, 0.25) is 0 Å². The minimum absolute atomic E-state index is 0.376. The summed E-state index contributed by atoms with van der Waals surface area (Å²) in [6.07, 6.45) is 4.54. The molecule has 1 aliphatic rings. The molecule has 0 bridgehead atoms. The summed E-state index contributed by atoms with van der Waals surface area (Å²) in [5, 5.41) is 8.94. The van der Waals surface area contributed by atoms with Crippen LogP contribution in [0.15, 0.2) is 83.5 Å². The number of amides is 1. The quantitative estimate of drug-likeness (QED) is 0.239. The number of fused-ring (bicyclic) bond motifs is 3. The predicted octanol–water partition coefficient (Wildman–Crippen LogP) is 7.88. The van der Waals surface area contributed by atoms with Gasteiger partial charge in [-0.05, 0) is 69.4 Å². The Morgan fingerprint density at radius 2 is 1.74 bits per heavy atom. The lowest BCUT2D eigenvalue weighted by molar-refractivity contribution is 0.0377. The van der Waals surface area contributed by atoms with Crippen molar-refractivity contribution in [1.29, 1.82) is 0 Å². The molecule has 1 amide bonds. The summed E-state index contributed by atoms with van der Waals surface area (Å²) in [5.74, 6) is 0. The van der Waals surface area contributed by atoms with E-state index in [0.29, 0.717) is 0 Å². The van der Waals surface area contributed by atoms with Gasteiger partial charge in [-0.2, -0.15) is 5.10 Å². The van der Waals surface area contributed by atoms with E-state index in [2.05, 4.69) is 63.8 Å². The Labute approximate surface area is 230 Å². The highest BCUT2D eigenvalue weighted by molar-refractivity contribution is 9.10. The third-order valence-corrected chi connectivity index (χ3v) is 7.59. The molecule has 3 aromatic carbocycles. The minimum Gasteiger partial charge on any atom is -0.444 e. The lowest BCUT2D eigenvalue weighted by atomic mass is 9.71. The molecule has 5 aromatic rings. The van der Waals surface area contributed by atoms with Gasteiger partial charge in [0.2, 0.25) is 0 Å². The monoisotopic (exact) mass is 568 g/mol. The Morgan fingerprint density at radius 1 is 1.00 bits per heavy atom. The number of alkyl carbamates (subject to hydrolysis) is 1. The van der Waals surface area contributed by atoms with Crippen LogP contribution in [-0.4, -0.2) is 26.3 Å². The number of carbonyl (C=O) groups excluding carboxylic acids is 1. The molecule has 38 heavy (non-hydrogen) atoms. The van der Waals surface area contributed by atoms with Crippen molar-refractivity contribution in [2.24, 2.45) is 0 Å². The molecule has 192 valence electrons. The SMILES string of the molecule is CC(C)(C)OC(=O)NC1(c2ccc(-c3nc4c5ccc(Br)cc5nn4cc3-c3ccccc3)cc2)CCC1. The zero-order valence-corrected chi connectivity index (χ0v) is 23.2. The Kier molecular flexibility index (Phi) is 5.99. The molecule has 0 spiro atoms. The van der Waals surface area contributed by atoms with Crippen LogP contribution in [-0.2, 0) is 10.3 Å². The van der Waals surface area contributed by atoms with Crippen LogP contribution in [0.4, 0.5) is 4.79 Å². The highest BCUT2D eigenvalue weighted by atomic mass is 79.9. The van der Waals surface area contributed by atoms with Crippen molar-refractivity contribution in [2.45, 2.75) is 51.2 Å². The second-order valence-corrected chi connectivity index (χ2v) is 11.9. The molecule has 6 rings (SSSR count). The van der Waals surface area contributed by atoms with Crippen molar-refractivity contribution in [3.05, 3.63) is 89.0 Å². The topological polar surface area (TPSA) is 68.5 Å². The van der Waals surface area contributed by atoms with Gasteiger partial charge in [0.05, 0.1) is 16.7 Å². The summed E-state index contributed by atoms with van der Waals surface area (Å²) in [5.41, 5.74) is 5.83. The van der Waals surface area contributed by atoms with Crippen molar-refractivity contribution in [3.63, 3.8) is 0 Å². The van der Waals surface area contributed by atoms with Crippen molar-refractivity contribution < 1.29 is 9.53 Å². The number of benzene rings is 3. The van der Waals surface area contributed by atoms with E-state index >= 15 is 0 Å². The normalized spacial score (nSPS) is 14.8. The fraction of sp³-hybridized carbons (Fsp3) is 0.258. The second kappa shape index (κ2) is 9.24. The summed E-state index contributed by atoms with van der Waals surface area (Å²) in [7, 11) is 0. The van der Waals surface area contributed by atoms with E-state index < -0.39 is 11.1 Å². The van der Waals surface area contributed by atoms with E-state index in [4.69, 9.17) is 14.8 Å².